The minimum absolute atomic E-state index is 0.103. The summed E-state index contributed by atoms with van der Waals surface area (Å²) >= 11 is 0. The Balaban J connectivity index is 1.33. The number of primary amides is 1. The maximum absolute atomic E-state index is 11.6. The largest absolute Gasteiger partial charge is 0.504 e. The van der Waals surface area contributed by atoms with Crippen molar-refractivity contribution in [3.05, 3.63) is 71.3 Å². The Morgan fingerprint density at radius 3 is 2.28 bits per heavy atom. The van der Waals surface area contributed by atoms with Crippen molar-refractivity contribution >= 4 is 11.6 Å². The molecule has 1 atom stereocenters. The van der Waals surface area contributed by atoms with E-state index in [9.17, 15) is 15.0 Å². The monoisotopic (exact) mass is 490 g/mol. The average molecular weight is 491 g/mol. The Kier molecular flexibility index (Phi) is 8.18. The zero-order valence-corrected chi connectivity index (χ0v) is 20.9. The van der Waals surface area contributed by atoms with Crippen molar-refractivity contribution in [3.63, 3.8) is 0 Å². The van der Waals surface area contributed by atoms with Gasteiger partial charge >= 0.3 is 0 Å². The van der Waals surface area contributed by atoms with Crippen LogP contribution in [0, 0.1) is 12.8 Å². The molecule has 1 saturated heterocycles. The number of aliphatic hydroxyl groups excluding tert-OH is 1. The van der Waals surface area contributed by atoms with Crippen LogP contribution in [0.3, 0.4) is 0 Å². The standard InChI is InChI=1S/C28H34N4O4/c1-18-27(34)26(28(29)35)31-25(30-18)16-20-11-13-32(14-12-20)23-9-7-22(8-10-23)21-5-3-19(4-6-21)15-24(33)17-36-2/h3-10,20,24,33-34H,11-17H2,1-2H3,(H2,29,35). The van der Waals surface area contributed by atoms with E-state index in [-0.39, 0.29) is 11.4 Å². The quantitative estimate of drug-likeness (QED) is 0.421. The van der Waals surface area contributed by atoms with Crippen LogP contribution in [0.15, 0.2) is 48.5 Å². The second-order valence-electron chi connectivity index (χ2n) is 9.48. The number of piperidine rings is 1. The number of benzene rings is 2. The second kappa shape index (κ2) is 11.5. The number of hydrogen-bond acceptors (Lipinski definition) is 7. The number of methoxy groups -OCH3 is 1. The molecule has 4 N–H and O–H groups in total. The Hall–Kier alpha value is -3.49. The van der Waals surface area contributed by atoms with Crippen molar-refractivity contribution in [2.45, 2.75) is 38.7 Å². The first kappa shape index (κ1) is 25.6. The van der Waals surface area contributed by atoms with Crippen LogP contribution < -0.4 is 10.6 Å². The third-order valence-corrected chi connectivity index (χ3v) is 6.77. The number of amides is 1. The molecule has 8 nitrogen and oxygen atoms in total. The number of ether oxygens (including phenoxy) is 1. The molecule has 1 aliphatic heterocycles. The summed E-state index contributed by atoms with van der Waals surface area (Å²) in [6.07, 6.45) is 2.73. The lowest BCUT2D eigenvalue weighted by molar-refractivity contribution is 0.0650. The van der Waals surface area contributed by atoms with E-state index in [0.29, 0.717) is 36.9 Å². The van der Waals surface area contributed by atoms with Gasteiger partial charge in [-0.15, -0.1) is 0 Å². The zero-order valence-electron chi connectivity index (χ0n) is 20.9. The van der Waals surface area contributed by atoms with E-state index >= 15 is 0 Å². The number of carbonyl (C=O) groups excluding carboxylic acids is 1. The maximum Gasteiger partial charge on any atom is 0.271 e. The van der Waals surface area contributed by atoms with E-state index in [0.717, 1.165) is 42.6 Å². The minimum atomic E-state index is -0.741. The van der Waals surface area contributed by atoms with E-state index in [4.69, 9.17) is 10.5 Å². The molecule has 3 aromatic rings. The van der Waals surface area contributed by atoms with E-state index in [2.05, 4.69) is 63.4 Å². The summed E-state index contributed by atoms with van der Waals surface area (Å²) in [6, 6.07) is 16.9. The lowest BCUT2D eigenvalue weighted by Crippen LogP contribution is -2.34. The predicted molar refractivity (Wildman–Crippen MR) is 139 cm³/mol. The summed E-state index contributed by atoms with van der Waals surface area (Å²) in [6.45, 7) is 3.85. The van der Waals surface area contributed by atoms with Gasteiger partial charge in [-0.25, -0.2) is 9.97 Å². The normalized spacial score (nSPS) is 15.1. The maximum atomic E-state index is 11.6. The number of anilines is 1. The topological polar surface area (TPSA) is 122 Å². The molecule has 1 aromatic heterocycles. The molecule has 1 fully saturated rings. The molecule has 0 radical (unpaired) electrons. The molecule has 0 saturated carbocycles. The highest BCUT2D eigenvalue weighted by Crippen LogP contribution is 2.29. The SMILES string of the molecule is COCC(O)Cc1ccc(-c2ccc(N3CCC(Cc4nc(C)c(O)c(C(N)=O)n4)CC3)cc2)cc1. The fourth-order valence-corrected chi connectivity index (χ4v) is 4.76. The highest BCUT2D eigenvalue weighted by atomic mass is 16.5. The lowest BCUT2D eigenvalue weighted by atomic mass is 9.92. The molecule has 36 heavy (non-hydrogen) atoms. The van der Waals surface area contributed by atoms with Crippen LogP contribution in [0.2, 0.25) is 0 Å². The van der Waals surface area contributed by atoms with E-state index < -0.39 is 12.0 Å². The van der Waals surface area contributed by atoms with Crippen LogP contribution in [-0.4, -0.2) is 59.0 Å². The number of aliphatic hydroxyl groups is 1. The number of nitrogens with two attached hydrogens (primary N) is 1. The summed E-state index contributed by atoms with van der Waals surface area (Å²) in [5.74, 6) is -0.0112. The van der Waals surface area contributed by atoms with Crippen molar-refractivity contribution in [1.82, 2.24) is 9.97 Å². The van der Waals surface area contributed by atoms with Crippen molar-refractivity contribution < 1.29 is 19.7 Å². The molecule has 0 spiro atoms. The molecular formula is C28H34N4O4. The van der Waals surface area contributed by atoms with Crippen LogP contribution in [-0.2, 0) is 17.6 Å². The number of nitrogens with zero attached hydrogens (tertiary/aromatic N) is 3. The second-order valence-corrected chi connectivity index (χ2v) is 9.48. The molecule has 1 amide bonds. The number of aryl methyl sites for hydroxylation is 1. The van der Waals surface area contributed by atoms with Gasteiger partial charge in [0.05, 0.1) is 18.4 Å². The highest BCUT2D eigenvalue weighted by Gasteiger charge is 2.23. The first-order valence-electron chi connectivity index (χ1n) is 12.3. The van der Waals surface area contributed by atoms with Gasteiger partial charge in [0.1, 0.15) is 5.82 Å². The number of aromatic nitrogens is 2. The molecule has 4 rings (SSSR count). The molecule has 2 heterocycles. The first-order valence-corrected chi connectivity index (χ1v) is 12.3. The zero-order chi connectivity index (χ0) is 25.7. The van der Waals surface area contributed by atoms with Crippen LogP contribution in [0.25, 0.3) is 11.1 Å². The third kappa shape index (κ3) is 6.19. The predicted octanol–water partition coefficient (Wildman–Crippen LogP) is 3.27. The van der Waals surface area contributed by atoms with E-state index in [1.54, 1.807) is 14.0 Å². The van der Waals surface area contributed by atoms with Crippen LogP contribution in [0.5, 0.6) is 5.75 Å². The molecular weight excluding hydrogens is 456 g/mol. The Morgan fingerprint density at radius 1 is 1.08 bits per heavy atom. The number of rotatable bonds is 9. The minimum Gasteiger partial charge on any atom is -0.504 e. The Labute approximate surface area is 211 Å². The van der Waals surface area contributed by atoms with Crippen LogP contribution >= 0.6 is 0 Å². The first-order chi connectivity index (χ1) is 17.3. The van der Waals surface area contributed by atoms with Gasteiger partial charge in [0, 0.05) is 38.7 Å². The van der Waals surface area contributed by atoms with Crippen molar-refractivity contribution in [3.8, 4) is 16.9 Å². The molecule has 8 heteroatoms. The summed E-state index contributed by atoms with van der Waals surface area (Å²) in [5.41, 5.74) is 10.2. The van der Waals surface area contributed by atoms with E-state index in [1.165, 1.54) is 5.69 Å². The highest BCUT2D eigenvalue weighted by molar-refractivity contribution is 5.93. The van der Waals surface area contributed by atoms with Gasteiger partial charge < -0.3 is 25.6 Å². The molecule has 0 aliphatic carbocycles. The number of hydrogen-bond donors (Lipinski definition) is 3. The fraction of sp³-hybridized carbons (Fsp3) is 0.393. The summed E-state index contributed by atoms with van der Waals surface area (Å²) in [7, 11) is 1.59. The average Bonchev–Trinajstić information content (AvgIpc) is 2.87. The molecule has 2 aromatic carbocycles. The summed E-state index contributed by atoms with van der Waals surface area (Å²) in [4.78, 5) is 22.5. The van der Waals surface area contributed by atoms with Crippen LogP contribution in [0.1, 0.15) is 40.4 Å². The fourth-order valence-electron chi connectivity index (χ4n) is 4.76. The number of aromatic hydroxyl groups is 1. The van der Waals surface area contributed by atoms with Crippen LogP contribution in [0.4, 0.5) is 5.69 Å². The van der Waals surface area contributed by atoms with Gasteiger partial charge in [-0.1, -0.05) is 36.4 Å². The van der Waals surface area contributed by atoms with Crippen molar-refractivity contribution in [2.75, 3.05) is 31.7 Å². The smallest absolute Gasteiger partial charge is 0.271 e. The Bertz CT molecular complexity index is 1170. The molecule has 1 aliphatic rings. The lowest BCUT2D eigenvalue weighted by Gasteiger charge is -2.33. The molecule has 1 unspecified atom stereocenters. The summed E-state index contributed by atoms with van der Waals surface area (Å²) < 4.78 is 5.00. The van der Waals surface area contributed by atoms with Crippen molar-refractivity contribution in [1.29, 1.82) is 0 Å². The van der Waals surface area contributed by atoms with Gasteiger partial charge in [0.25, 0.3) is 5.91 Å². The van der Waals surface area contributed by atoms with Gasteiger partial charge in [-0.05, 0) is 54.5 Å². The van der Waals surface area contributed by atoms with E-state index in [1.807, 2.05) is 0 Å². The van der Waals surface area contributed by atoms with Crippen molar-refractivity contribution in [2.24, 2.45) is 11.7 Å². The van der Waals surface area contributed by atoms with Gasteiger partial charge in [-0.3, -0.25) is 4.79 Å². The van der Waals surface area contributed by atoms with Gasteiger partial charge in [0.15, 0.2) is 11.4 Å². The molecule has 0 bridgehead atoms. The van der Waals surface area contributed by atoms with Gasteiger partial charge in [0.2, 0.25) is 0 Å². The molecule has 190 valence electrons. The van der Waals surface area contributed by atoms with Gasteiger partial charge in [-0.2, -0.15) is 0 Å². The summed E-state index contributed by atoms with van der Waals surface area (Å²) in [5, 5.41) is 19.9. The third-order valence-electron chi connectivity index (χ3n) is 6.77. The Morgan fingerprint density at radius 2 is 1.69 bits per heavy atom. The number of carbonyl (C=O) groups is 1.